The lowest BCUT2D eigenvalue weighted by Crippen LogP contribution is -2.40. The number of hydrazone groups is 1. The molecule has 0 spiro atoms. The summed E-state index contributed by atoms with van der Waals surface area (Å²) in [6.45, 7) is 0. The monoisotopic (exact) mass is 400 g/mol. The van der Waals surface area contributed by atoms with Gasteiger partial charge in [-0.2, -0.15) is 10.1 Å². The van der Waals surface area contributed by atoms with Gasteiger partial charge in [0.2, 0.25) is 0 Å². The Morgan fingerprint density at radius 1 is 1.16 bits per heavy atom. The number of imide groups is 1. The van der Waals surface area contributed by atoms with E-state index in [1.54, 1.807) is 13.3 Å². The highest BCUT2D eigenvalue weighted by Gasteiger charge is 2.67. The van der Waals surface area contributed by atoms with Crippen molar-refractivity contribution in [3.63, 3.8) is 0 Å². The van der Waals surface area contributed by atoms with E-state index < -0.39 is 0 Å². The highest BCUT2D eigenvalue weighted by atomic mass is 79.9. The van der Waals surface area contributed by atoms with Crippen molar-refractivity contribution in [3.05, 3.63) is 40.4 Å². The third-order valence-electron chi connectivity index (χ3n) is 6.14. The molecule has 6 heteroatoms. The quantitative estimate of drug-likeness (QED) is 0.445. The van der Waals surface area contributed by atoms with Gasteiger partial charge in [0.05, 0.1) is 29.6 Å². The zero-order valence-electron chi connectivity index (χ0n) is 13.6. The number of hydrogen-bond acceptors (Lipinski definition) is 4. The van der Waals surface area contributed by atoms with Gasteiger partial charge in [-0.05, 0) is 69.8 Å². The fraction of sp³-hybridized carbons (Fsp3) is 0.421. The maximum absolute atomic E-state index is 12.8. The van der Waals surface area contributed by atoms with Crippen LogP contribution in [0.4, 0.5) is 0 Å². The molecular formula is C19H17BrN2O3. The van der Waals surface area contributed by atoms with Gasteiger partial charge in [0, 0.05) is 0 Å². The zero-order chi connectivity index (χ0) is 17.3. The highest BCUT2D eigenvalue weighted by molar-refractivity contribution is 9.10. The number of ether oxygens (including phenoxy) is 1. The first-order valence-corrected chi connectivity index (χ1v) is 9.33. The van der Waals surface area contributed by atoms with Gasteiger partial charge in [-0.1, -0.05) is 12.2 Å². The van der Waals surface area contributed by atoms with Gasteiger partial charge in [-0.25, -0.2) is 0 Å². The van der Waals surface area contributed by atoms with Crippen LogP contribution >= 0.6 is 15.9 Å². The number of carbonyl (C=O) groups is 2. The van der Waals surface area contributed by atoms with Gasteiger partial charge in [-0.15, -0.1) is 0 Å². The molecule has 2 amide bonds. The van der Waals surface area contributed by atoms with E-state index in [9.17, 15) is 9.59 Å². The van der Waals surface area contributed by atoms with Crippen molar-refractivity contribution in [1.29, 1.82) is 0 Å². The first-order valence-electron chi connectivity index (χ1n) is 8.54. The van der Waals surface area contributed by atoms with Crippen LogP contribution in [0.15, 0.2) is 39.9 Å². The average Bonchev–Trinajstić information content (AvgIpc) is 3.39. The smallest absolute Gasteiger partial charge is 0.254 e. The minimum Gasteiger partial charge on any atom is -0.496 e. The molecule has 1 aromatic carbocycles. The van der Waals surface area contributed by atoms with Crippen molar-refractivity contribution in [2.24, 2.45) is 40.6 Å². The molecule has 2 saturated carbocycles. The topological polar surface area (TPSA) is 59.0 Å². The maximum Gasteiger partial charge on any atom is 0.254 e. The second-order valence-corrected chi connectivity index (χ2v) is 8.14. The molecule has 6 atom stereocenters. The van der Waals surface area contributed by atoms with Gasteiger partial charge in [0.1, 0.15) is 5.75 Å². The molecule has 0 aromatic heterocycles. The average molecular weight is 401 g/mol. The Balaban J connectivity index is 1.41. The van der Waals surface area contributed by atoms with E-state index in [2.05, 4.69) is 33.2 Å². The molecule has 3 fully saturated rings. The van der Waals surface area contributed by atoms with Crippen molar-refractivity contribution >= 4 is 34.0 Å². The molecule has 0 unspecified atom stereocenters. The summed E-state index contributed by atoms with van der Waals surface area (Å²) in [6.07, 6.45) is 7.06. The van der Waals surface area contributed by atoms with Crippen molar-refractivity contribution in [3.8, 4) is 5.75 Å². The highest BCUT2D eigenvalue weighted by Crippen LogP contribution is 2.65. The standard InChI is InChI=1S/C19H17BrN2O3/c1-25-15-5-2-9(6-14(15)20)8-21-22-18(23)16-10-3-4-11(13-7-12(10)13)17(16)19(22)24/h2-6,8,10-13,16-17H,7H2,1H3/b21-8-/t10-,11-,12-,13+,16+,17-/m1/s1. The lowest BCUT2D eigenvalue weighted by atomic mass is 9.63. The van der Waals surface area contributed by atoms with E-state index in [0.717, 1.165) is 20.8 Å². The predicted octanol–water partition coefficient (Wildman–Crippen LogP) is 2.84. The number of nitrogens with zero attached hydrogens (tertiary/aromatic N) is 2. The molecule has 5 nitrogen and oxygen atoms in total. The molecule has 5 aliphatic rings. The lowest BCUT2D eigenvalue weighted by molar-refractivity contribution is -0.140. The summed E-state index contributed by atoms with van der Waals surface area (Å²) >= 11 is 3.43. The summed E-state index contributed by atoms with van der Waals surface area (Å²) in [7, 11) is 1.60. The number of amides is 2. The molecule has 1 aromatic rings. The first kappa shape index (κ1) is 15.3. The SMILES string of the molecule is COc1ccc(/C=N\N2C(=O)[C@@H]3[C@@H]4C=C[C@H]([C@H]5C[C@@H]45)[C@@H]3C2=O)cc1Br. The summed E-state index contributed by atoms with van der Waals surface area (Å²) in [5.41, 5.74) is 0.798. The van der Waals surface area contributed by atoms with E-state index in [1.165, 1.54) is 6.42 Å². The lowest BCUT2D eigenvalue weighted by Gasteiger charge is -2.37. The Morgan fingerprint density at radius 3 is 2.36 bits per heavy atom. The normalized spacial score (nSPS) is 37.6. The Labute approximate surface area is 153 Å². The largest absolute Gasteiger partial charge is 0.496 e. The molecule has 1 aliphatic heterocycles. The molecule has 0 radical (unpaired) electrons. The molecule has 6 rings (SSSR count). The van der Waals surface area contributed by atoms with E-state index in [-0.39, 0.29) is 35.5 Å². The summed E-state index contributed by atoms with van der Waals surface area (Å²) in [6, 6.07) is 5.50. The van der Waals surface area contributed by atoms with Crippen LogP contribution in [0.25, 0.3) is 0 Å². The van der Waals surface area contributed by atoms with E-state index in [0.29, 0.717) is 11.8 Å². The number of hydrogen-bond donors (Lipinski definition) is 0. The number of carbonyl (C=O) groups excluding carboxylic acids is 2. The van der Waals surface area contributed by atoms with Gasteiger partial charge >= 0.3 is 0 Å². The minimum absolute atomic E-state index is 0.136. The Kier molecular flexibility index (Phi) is 3.23. The van der Waals surface area contributed by atoms with Crippen LogP contribution in [0.3, 0.4) is 0 Å². The van der Waals surface area contributed by atoms with Gasteiger partial charge < -0.3 is 4.74 Å². The van der Waals surface area contributed by atoms with Crippen LogP contribution in [-0.4, -0.2) is 30.1 Å². The van der Waals surface area contributed by atoms with Crippen molar-refractivity contribution < 1.29 is 14.3 Å². The number of methoxy groups -OCH3 is 1. The third-order valence-corrected chi connectivity index (χ3v) is 6.76. The second-order valence-electron chi connectivity index (χ2n) is 7.28. The van der Waals surface area contributed by atoms with Gasteiger partial charge in [0.25, 0.3) is 11.8 Å². The molecule has 2 bridgehead atoms. The van der Waals surface area contributed by atoms with Crippen LogP contribution in [0.5, 0.6) is 5.75 Å². The van der Waals surface area contributed by atoms with Gasteiger partial charge in [0.15, 0.2) is 0 Å². The maximum atomic E-state index is 12.8. The van der Waals surface area contributed by atoms with E-state index in [4.69, 9.17) is 4.74 Å². The predicted molar refractivity (Wildman–Crippen MR) is 94.8 cm³/mol. The van der Waals surface area contributed by atoms with Crippen molar-refractivity contribution in [1.82, 2.24) is 5.01 Å². The van der Waals surface area contributed by atoms with Crippen LogP contribution in [0.2, 0.25) is 0 Å². The molecule has 25 heavy (non-hydrogen) atoms. The summed E-state index contributed by atoms with van der Waals surface area (Å²) in [5.74, 6) is 1.71. The fourth-order valence-electron chi connectivity index (χ4n) is 4.94. The molecule has 1 heterocycles. The molecular weight excluding hydrogens is 384 g/mol. The van der Waals surface area contributed by atoms with Crippen LogP contribution in [0.1, 0.15) is 12.0 Å². The number of rotatable bonds is 3. The molecule has 1 saturated heterocycles. The van der Waals surface area contributed by atoms with Crippen LogP contribution in [-0.2, 0) is 9.59 Å². The zero-order valence-corrected chi connectivity index (χ0v) is 15.2. The van der Waals surface area contributed by atoms with Crippen LogP contribution in [0, 0.1) is 35.5 Å². The van der Waals surface area contributed by atoms with Crippen molar-refractivity contribution in [2.45, 2.75) is 6.42 Å². The van der Waals surface area contributed by atoms with E-state index in [1.807, 2.05) is 18.2 Å². The molecule has 128 valence electrons. The Hall–Kier alpha value is -1.95. The first-order chi connectivity index (χ1) is 12.1. The molecule has 4 aliphatic carbocycles. The number of benzene rings is 1. The summed E-state index contributed by atoms with van der Waals surface area (Å²) < 4.78 is 6.00. The van der Waals surface area contributed by atoms with Gasteiger partial charge in [-0.3, -0.25) is 9.59 Å². The Morgan fingerprint density at radius 2 is 1.80 bits per heavy atom. The number of allylic oxidation sites excluding steroid dienone is 2. The molecule has 0 N–H and O–H groups in total. The summed E-state index contributed by atoms with van der Waals surface area (Å²) in [4.78, 5) is 25.6. The summed E-state index contributed by atoms with van der Waals surface area (Å²) in [5, 5.41) is 5.34. The third kappa shape index (κ3) is 2.09. The van der Waals surface area contributed by atoms with Crippen LogP contribution < -0.4 is 4.74 Å². The fourth-order valence-corrected chi connectivity index (χ4v) is 5.50. The number of halogens is 1. The second kappa shape index (κ2) is 5.27. The minimum atomic E-state index is -0.203. The van der Waals surface area contributed by atoms with E-state index >= 15 is 0 Å². The Bertz CT molecular complexity index is 813. The van der Waals surface area contributed by atoms with Crippen molar-refractivity contribution in [2.75, 3.05) is 7.11 Å².